The second-order valence-electron chi connectivity index (χ2n) is 4.44. The van der Waals surface area contributed by atoms with Gasteiger partial charge in [-0.1, -0.05) is 13.8 Å². The molecule has 1 aliphatic carbocycles. The highest BCUT2D eigenvalue weighted by Gasteiger charge is 2.44. The summed E-state index contributed by atoms with van der Waals surface area (Å²) in [6.45, 7) is 4.82. The highest BCUT2D eigenvalue weighted by Crippen LogP contribution is 2.48. The smallest absolute Gasteiger partial charge is 0.303 e. The Balaban J connectivity index is 2.75. The minimum atomic E-state index is -0.716. The molecule has 0 unspecified atom stereocenters. The van der Waals surface area contributed by atoms with Gasteiger partial charge in [-0.25, -0.2) is 0 Å². The fourth-order valence-corrected chi connectivity index (χ4v) is 2.51. The quantitative estimate of drug-likeness (QED) is 0.700. The van der Waals surface area contributed by atoms with E-state index in [1.165, 1.54) is 0 Å². The average Bonchev–Trinajstić information content (AvgIpc) is 2.33. The van der Waals surface area contributed by atoms with Gasteiger partial charge in [-0.15, -0.1) is 0 Å². The zero-order valence-corrected chi connectivity index (χ0v) is 8.42. The van der Waals surface area contributed by atoms with Crippen LogP contribution in [0.5, 0.6) is 0 Å². The lowest BCUT2D eigenvalue weighted by atomic mass is 9.74. The van der Waals surface area contributed by atoms with Gasteiger partial charge in [0.05, 0.1) is 6.42 Å². The predicted molar refractivity (Wildman–Crippen MR) is 51.3 cm³/mol. The van der Waals surface area contributed by atoms with Gasteiger partial charge in [0.15, 0.2) is 0 Å². The molecule has 3 atom stereocenters. The zero-order valence-electron chi connectivity index (χ0n) is 8.42. The molecule has 0 aromatic carbocycles. The van der Waals surface area contributed by atoms with Crippen molar-refractivity contribution in [2.45, 2.75) is 33.1 Å². The van der Waals surface area contributed by atoms with Crippen LogP contribution in [-0.2, 0) is 4.79 Å². The molecule has 0 bridgehead atoms. The maximum absolute atomic E-state index is 10.7. The van der Waals surface area contributed by atoms with E-state index in [2.05, 4.69) is 13.8 Å². The lowest BCUT2D eigenvalue weighted by Crippen LogP contribution is -2.36. The number of nitrogens with two attached hydrogens (primary N) is 1. The van der Waals surface area contributed by atoms with E-state index in [1.807, 2.05) is 0 Å². The van der Waals surface area contributed by atoms with Crippen LogP contribution in [-0.4, -0.2) is 17.6 Å². The molecular weight excluding hydrogens is 166 g/mol. The third-order valence-corrected chi connectivity index (χ3v) is 3.83. The number of hydrogen-bond donors (Lipinski definition) is 2. The van der Waals surface area contributed by atoms with E-state index in [9.17, 15) is 4.79 Å². The molecule has 1 saturated carbocycles. The molecule has 1 fully saturated rings. The molecule has 0 spiro atoms. The Bertz CT molecular complexity index is 205. The topological polar surface area (TPSA) is 63.3 Å². The Morgan fingerprint density at radius 1 is 1.62 bits per heavy atom. The van der Waals surface area contributed by atoms with E-state index < -0.39 is 5.97 Å². The summed E-state index contributed by atoms with van der Waals surface area (Å²) in [6.07, 6.45) is 2.32. The Morgan fingerprint density at radius 2 is 2.23 bits per heavy atom. The molecule has 76 valence electrons. The van der Waals surface area contributed by atoms with Gasteiger partial charge in [-0.3, -0.25) is 4.79 Å². The highest BCUT2D eigenvalue weighted by molar-refractivity contribution is 5.67. The van der Waals surface area contributed by atoms with Gasteiger partial charge < -0.3 is 10.8 Å². The molecule has 3 heteroatoms. The molecule has 1 rings (SSSR count). The van der Waals surface area contributed by atoms with Gasteiger partial charge in [0.1, 0.15) is 0 Å². The second kappa shape index (κ2) is 3.66. The van der Waals surface area contributed by atoms with Crippen molar-refractivity contribution in [3.8, 4) is 0 Å². The van der Waals surface area contributed by atoms with Crippen LogP contribution >= 0.6 is 0 Å². The minimum absolute atomic E-state index is 0.134. The summed E-state index contributed by atoms with van der Waals surface area (Å²) in [5, 5.41) is 8.82. The first-order chi connectivity index (χ1) is 6.02. The number of carboxylic acids is 1. The van der Waals surface area contributed by atoms with Crippen molar-refractivity contribution in [2.75, 3.05) is 6.54 Å². The highest BCUT2D eigenvalue weighted by atomic mass is 16.4. The first kappa shape index (κ1) is 10.5. The van der Waals surface area contributed by atoms with Crippen molar-refractivity contribution in [1.29, 1.82) is 0 Å². The van der Waals surface area contributed by atoms with Gasteiger partial charge in [0.2, 0.25) is 0 Å². The molecule has 0 aromatic heterocycles. The number of hydrogen-bond acceptors (Lipinski definition) is 2. The monoisotopic (exact) mass is 185 g/mol. The molecule has 0 heterocycles. The SMILES string of the molecule is C[C@@H]1CC[C@](CN)(CC(=O)O)[C@@H]1C. The molecule has 0 amide bonds. The average molecular weight is 185 g/mol. The van der Waals surface area contributed by atoms with Crippen molar-refractivity contribution in [3.05, 3.63) is 0 Å². The Labute approximate surface area is 79.3 Å². The minimum Gasteiger partial charge on any atom is -0.481 e. The number of aliphatic carboxylic acids is 1. The first-order valence-corrected chi connectivity index (χ1v) is 4.94. The van der Waals surface area contributed by atoms with Gasteiger partial charge in [0, 0.05) is 0 Å². The molecule has 0 aliphatic heterocycles. The van der Waals surface area contributed by atoms with E-state index in [0.29, 0.717) is 18.4 Å². The fourth-order valence-electron chi connectivity index (χ4n) is 2.51. The summed E-state index contributed by atoms with van der Waals surface area (Å²) in [5.41, 5.74) is 5.57. The molecule has 13 heavy (non-hydrogen) atoms. The van der Waals surface area contributed by atoms with Gasteiger partial charge in [-0.05, 0) is 36.6 Å². The van der Waals surface area contributed by atoms with Crippen molar-refractivity contribution < 1.29 is 9.90 Å². The molecule has 1 aliphatic rings. The van der Waals surface area contributed by atoms with Crippen LogP contribution in [0.4, 0.5) is 0 Å². The number of carboxylic acid groups (broad SMARTS) is 1. The molecule has 0 aromatic rings. The van der Waals surface area contributed by atoms with E-state index in [1.54, 1.807) is 0 Å². The maximum atomic E-state index is 10.7. The molecular formula is C10H19NO2. The normalized spacial score (nSPS) is 39.3. The van der Waals surface area contributed by atoms with E-state index in [4.69, 9.17) is 10.8 Å². The lowest BCUT2D eigenvalue weighted by Gasteiger charge is -2.32. The van der Waals surface area contributed by atoms with Crippen LogP contribution < -0.4 is 5.73 Å². The summed E-state index contributed by atoms with van der Waals surface area (Å²) in [4.78, 5) is 10.7. The Morgan fingerprint density at radius 3 is 2.54 bits per heavy atom. The van der Waals surface area contributed by atoms with E-state index in [-0.39, 0.29) is 11.8 Å². The second-order valence-corrected chi connectivity index (χ2v) is 4.44. The molecule has 3 nitrogen and oxygen atoms in total. The molecule has 3 N–H and O–H groups in total. The standard InChI is InChI=1S/C10H19NO2/c1-7-3-4-10(6-11,8(7)2)5-9(12)13/h7-8H,3-6,11H2,1-2H3,(H,12,13)/t7-,8-,10-/m1/s1. The van der Waals surface area contributed by atoms with Crippen LogP contribution in [0.15, 0.2) is 0 Å². The Hall–Kier alpha value is -0.570. The summed E-state index contributed by atoms with van der Waals surface area (Å²) in [7, 11) is 0. The van der Waals surface area contributed by atoms with Crippen LogP contribution in [0.25, 0.3) is 0 Å². The first-order valence-electron chi connectivity index (χ1n) is 4.94. The van der Waals surface area contributed by atoms with Crippen LogP contribution in [0.2, 0.25) is 0 Å². The summed E-state index contributed by atoms with van der Waals surface area (Å²) in [6, 6.07) is 0. The van der Waals surface area contributed by atoms with Crippen molar-refractivity contribution in [3.63, 3.8) is 0 Å². The number of rotatable bonds is 3. The van der Waals surface area contributed by atoms with Crippen molar-refractivity contribution in [1.82, 2.24) is 0 Å². The molecule has 0 radical (unpaired) electrons. The Kier molecular flexibility index (Phi) is 2.96. The number of carbonyl (C=O) groups is 1. The predicted octanol–water partition coefficient (Wildman–Crippen LogP) is 1.47. The van der Waals surface area contributed by atoms with Gasteiger partial charge >= 0.3 is 5.97 Å². The summed E-state index contributed by atoms with van der Waals surface area (Å²) in [5.74, 6) is 0.336. The third kappa shape index (κ3) is 1.85. The summed E-state index contributed by atoms with van der Waals surface area (Å²) >= 11 is 0. The van der Waals surface area contributed by atoms with Gasteiger partial charge in [-0.2, -0.15) is 0 Å². The van der Waals surface area contributed by atoms with Crippen LogP contribution in [0, 0.1) is 17.3 Å². The van der Waals surface area contributed by atoms with Crippen LogP contribution in [0.3, 0.4) is 0 Å². The van der Waals surface area contributed by atoms with Crippen molar-refractivity contribution >= 4 is 5.97 Å². The third-order valence-electron chi connectivity index (χ3n) is 3.83. The molecule has 0 saturated heterocycles. The zero-order chi connectivity index (χ0) is 10.1. The lowest BCUT2D eigenvalue weighted by molar-refractivity contribution is -0.140. The van der Waals surface area contributed by atoms with Crippen molar-refractivity contribution in [2.24, 2.45) is 23.0 Å². The van der Waals surface area contributed by atoms with Crippen LogP contribution in [0.1, 0.15) is 33.1 Å². The van der Waals surface area contributed by atoms with E-state index >= 15 is 0 Å². The largest absolute Gasteiger partial charge is 0.481 e. The fraction of sp³-hybridized carbons (Fsp3) is 0.900. The summed E-state index contributed by atoms with van der Waals surface area (Å²) < 4.78 is 0. The maximum Gasteiger partial charge on any atom is 0.303 e. The van der Waals surface area contributed by atoms with E-state index in [0.717, 1.165) is 12.8 Å². The van der Waals surface area contributed by atoms with Gasteiger partial charge in [0.25, 0.3) is 0 Å².